The number of primary amides is 1. The Morgan fingerprint density at radius 3 is 2.78 bits per heavy atom. The average Bonchev–Trinajstić information content (AvgIpc) is 2.53. The summed E-state index contributed by atoms with van der Waals surface area (Å²) in [7, 11) is 0. The van der Waals surface area contributed by atoms with Crippen molar-refractivity contribution >= 4 is 17.9 Å². The number of amides is 2. The van der Waals surface area contributed by atoms with Crippen LogP contribution in [-0.4, -0.2) is 36.4 Å². The normalized spacial score (nSPS) is 18.4. The lowest BCUT2D eigenvalue weighted by Crippen LogP contribution is -2.43. The molecule has 1 aliphatic rings. The number of nitrogens with zero attached hydrogens (tertiary/aromatic N) is 1. The molecule has 0 aromatic heterocycles. The molecule has 1 unspecified atom stereocenters. The van der Waals surface area contributed by atoms with E-state index < -0.39 is 12.5 Å². The average molecular weight is 324 g/mol. The van der Waals surface area contributed by atoms with E-state index in [1.807, 2.05) is 0 Å². The van der Waals surface area contributed by atoms with Crippen molar-refractivity contribution in [3.8, 4) is 5.75 Å². The van der Waals surface area contributed by atoms with E-state index in [0.29, 0.717) is 24.9 Å². The van der Waals surface area contributed by atoms with Gasteiger partial charge in [0.15, 0.2) is 0 Å². The lowest BCUT2D eigenvalue weighted by atomic mass is 9.97. The number of likely N-dealkylation sites (tertiary alicyclic amines) is 1. The SMILES string of the molecule is NC(=O)C1CCCN(C(=O)/C=C/c2ccccc2OC(F)F)C1. The number of halogens is 2. The highest BCUT2D eigenvalue weighted by atomic mass is 19.3. The van der Waals surface area contributed by atoms with Crippen LogP contribution in [0.3, 0.4) is 0 Å². The van der Waals surface area contributed by atoms with E-state index in [1.54, 1.807) is 18.2 Å². The zero-order chi connectivity index (χ0) is 16.8. The van der Waals surface area contributed by atoms with Crippen molar-refractivity contribution in [2.45, 2.75) is 19.5 Å². The van der Waals surface area contributed by atoms with E-state index in [0.717, 1.165) is 0 Å². The van der Waals surface area contributed by atoms with Crippen molar-refractivity contribution in [3.05, 3.63) is 35.9 Å². The Bertz CT molecular complexity index is 605. The molecule has 2 amide bonds. The maximum atomic E-state index is 12.3. The molecule has 7 heteroatoms. The van der Waals surface area contributed by atoms with Crippen LogP contribution in [0.25, 0.3) is 6.08 Å². The van der Waals surface area contributed by atoms with Gasteiger partial charge in [-0.05, 0) is 25.0 Å². The second-order valence-corrected chi connectivity index (χ2v) is 5.28. The zero-order valence-electron chi connectivity index (χ0n) is 12.5. The van der Waals surface area contributed by atoms with Crippen LogP contribution >= 0.6 is 0 Å². The summed E-state index contributed by atoms with van der Waals surface area (Å²) in [5.74, 6) is -1.04. The molecule has 1 fully saturated rings. The molecule has 1 aliphatic heterocycles. The van der Waals surface area contributed by atoms with Gasteiger partial charge in [-0.1, -0.05) is 18.2 Å². The molecular formula is C16H18F2N2O3. The van der Waals surface area contributed by atoms with Gasteiger partial charge < -0.3 is 15.4 Å². The van der Waals surface area contributed by atoms with Crippen LogP contribution in [0.2, 0.25) is 0 Å². The third-order valence-electron chi connectivity index (χ3n) is 3.68. The minimum Gasteiger partial charge on any atom is -0.434 e. The van der Waals surface area contributed by atoms with Crippen LogP contribution in [0.15, 0.2) is 30.3 Å². The lowest BCUT2D eigenvalue weighted by Gasteiger charge is -2.30. The molecule has 0 bridgehead atoms. The van der Waals surface area contributed by atoms with E-state index in [2.05, 4.69) is 4.74 Å². The molecule has 0 saturated carbocycles. The number of ether oxygens (including phenoxy) is 1. The quantitative estimate of drug-likeness (QED) is 0.842. The summed E-state index contributed by atoms with van der Waals surface area (Å²) in [6.07, 6.45) is 4.09. The molecular weight excluding hydrogens is 306 g/mol. The van der Waals surface area contributed by atoms with Gasteiger partial charge in [0, 0.05) is 24.7 Å². The highest BCUT2D eigenvalue weighted by Gasteiger charge is 2.25. The highest BCUT2D eigenvalue weighted by molar-refractivity contribution is 5.92. The molecule has 2 rings (SSSR count). The molecule has 124 valence electrons. The fraction of sp³-hybridized carbons (Fsp3) is 0.375. The Hall–Kier alpha value is -2.44. The third-order valence-corrected chi connectivity index (χ3v) is 3.68. The molecule has 0 spiro atoms. The largest absolute Gasteiger partial charge is 0.434 e. The first-order valence-corrected chi connectivity index (χ1v) is 7.27. The molecule has 2 N–H and O–H groups in total. The molecule has 0 radical (unpaired) electrons. The van der Waals surface area contributed by atoms with Gasteiger partial charge in [-0.3, -0.25) is 9.59 Å². The maximum absolute atomic E-state index is 12.3. The van der Waals surface area contributed by atoms with Gasteiger partial charge >= 0.3 is 6.61 Å². The van der Waals surface area contributed by atoms with E-state index in [-0.39, 0.29) is 24.1 Å². The second kappa shape index (κ2) is 7.71. The van der Waals surface area contributed by atoms with E-state index in [1.165, 1.54) is 23.1 Å². The standard InChI is InChI=1S/C16H18F2N2O3/c17-16(18)23-13-6-2-1-4-11(13)7-8-14(21)20-9-3-5-12(10-20)15(19)22/h1-2,4,6-8,12,16H,3,5,9-10H2,(H2,19,22)/b8-7+. The number of alkyl halides is 2. The summed E-state index contributed by atoms with van der Waals surface area (Å²) < 4.78 is 29.1. The molecule has 1 heterocycles. The first-order valence-electron chi connectivity index (χ1n) is 7.27. The number of nitrogens with two attached hydrogens (primary N) is 1. The van der Waals surface area contributed by atoms with Gasteiger partial charge in [0.1, 0.15) is 5.75 Å². The van der Waals surface area contributed by atoms with Gasteiger partial charge in [-0.2, -0.15) is 8.78 Å². The van der Waals surface area contributed by atoms with Crippen LogP contribution in [0, 0.1) is 5.92 Å². The zero-order valence-corrected chi connectivity index (χ0v) is 12.5. The lowest BCUT2D eigenvalue weighted by molar-refractivity contribution is -0.130. The number of rotatable bonds is 5. The van der Waals surface area contributed by atoms with Crippen molar-refractivity contribution < 1.29 is 23.1 Å². The maximum Gasteiger partial charge on any atom is 0.387 e. The Morgan fingerprint density at radius 2 is 2.09 bits per heavy atom. The Morgan fingerprint density at radius 1 is 1.35 bits per heavy atom. The summed E-state index contributed by atoms with van der Waals surface area (Å²) in [6.45, 7) is -2.10. The molecule has 1 atom stereocenters. The number of piperidine rings is 1. The minimum atomic E-state index is -2.93. The van der Waals surface area contributed by atoms with Crippen molar-refractivity contribution in [3.63, 3.8) is 0 Å². The van der Waals surface area contributed by atoms with Gasteiger partial charge in [0.05, 0.1) is 5.92 Å². The van der Waals surface area contributed by atoms with Crippen LogP contribution in [0.1, 0.15) is 18.4 Å². The van der Waals surface area contributed by atoms with Crippen molar-refractivity contribution in [1.29, 1.82) is 0 Å². The summed E-state index contributed by atoms with van der Waals surface area (Å²) in [5, 5.41) is 0. The van der Waals surface area contributed by atoms with Crippen molar-refractivity contribution in [1.82, 2.24) is 4.90 Å². The minimum absolute atomic E-state index is 0.000191. The van der Waals surface area contributed by atoms with Gasteiger partial charge in [0.25, 0.3) is 0 Å². The van der Waals surface area contributed by atoms with E-state index in [4.69, 9.17) is 5.73 Å². The first-order chi connectivity index (χ1) is 11.0. The smallest absolute Gasteiger partial charge is 0.387 e. The number of hydrogen-bond donors (Lipinski definition) is 1. The number of carbonyl (C=O) groups excluding carboxylic acids is 2. The topological polar surface area (TPSA) is 72.6 Å². The Kier molecular flexibility index (Phi) is 5.67. The highest BCUT2D eigenvalue weighted by Crippen LogP contribution is 2.22. The van der Waals surface area contributed by atoms with Crippen LogP contribution in [-0.2, 0) is 9.59 Å². The summed E-state index contributed by atoms with van der Waals surface area (Å²) in [6, 6.07) is 6.20. The molecule has 0 aliphatic carbocycles. The van der Waals surface area contributed by atoms with Crippen LogP contribution in [0.5, 0.6) is 5.75 Å². The predicted molar refractivity (Wildman–Crippen MR) is 80.6 cm³/mol. The fourth-order valence-corrected chi connectivity index (χ4v) is 2.50. The molecule has 23 heavy (non-hydrogen) atoms. The van der Waals surface area contributed by atoms with Crippen molar-refractivity contribution in [2.24, 2.45) is 11.7 Å². The molecule has 1 saturated heterocycles. The van der Waals surface area contributed by atoms with E-state index in [9.17, 15) is 18.4 Å². The summed E-state index contributed by atoms with van der Waals surface area (Å²) in [5.41, 5.74) is 5.66. The third kappa shape index (κ3) is 4.77. The number of carbonyl (C=O) groups is 2. The fourth-order valence-electron chi connectivity index (χ4n) is 2.50. The van der Waals surface area contributed by atoms with Gasteiger partial charge in [-0.25, -0.2) is 0 Å². The van der Waals surface area contributed by atoms with Gasteiger partial charge in [0.2, 0.25) is 11.8 Å². The Balaban J connectivity index is 2.05. The second-order valence-electron chi connectivity index (χ2n) is 5.28. The number of benzene rings is 1. The van der Waals surface area contributed by atoms with Crippen LogP contribution in [0.4, 0.5) is 8.78 Å². The monoisotopic (exact) mass is 324 g/mol. The summed E-state index contributed by atoms with van der Waals surface area (Å²) >= 11 is 0. The van der Waals surface area contributed by atoms with E-state index >= 15 is 0 Å². The molecule has 1 aromatic rings. The van der Waals surface area contributed by atoms with Crippen LogP contribution < -0.4 is 10.5 Å². The first kappa shape index (κ1) is 16.9. The number of para-hydroxylation sites is 1. The predicted octanol–water partition coefficient (Wildman–Crippen LogP) is 2.03. The molecule has 5 nitrogen and oxygen atoms in total. The van der Waals surface area contributed by atoms with Crippen molar-refractivity contribution in [2.75, 3.05) is 13.1 Å². The Labute approximate surface area is 132 Å². The summed E-state index contributed by atoms with van der Waals surface area (Å²) in [4.78, 5) is 24.9. The number of hydrogen-bond acceptors (Lipinski definition) is 3. The molecule has 1 aromatic carbocycles. The van der Waals surface area contributed by atoms with Gasteiger partial charge in [-0.15, -0.1) is 0 Å².